The van der Waals surface area contributed by atoms with E-state index in [4.69, 9.17) is 15.4 Å². The molecule has 0 aliphatic carbocycles. The van der Waals surface area contributed by atoms with Crippen molar-refractivity contribution in [2.24, 2.45) is 5.73 Å². The largest absolute Gasteiger partial charge is 0.448 e. The molecule has 0 saturated carbocycles. The van der Waals surface area contributed by atoms with Crippen molar-refractivity contribution in [3.05, 3.63) is 17.9 Å². The van der Waals surface area contributed by atoms with Gasteiger partial charge in [-0.3, -0.25) is 0 Å². The Morgan fingerprint density at radius 2 is 2.55 bits per heavy atom. The zero-order chi connectivity index (χ0) is 8.27. The highest BCUT2D eigenvalue weighted by Crippen LogP contribution is 2.11. The highest BCUT2D eigenvalue weighted by Gasteiger charge is 2.00. The predicted octanol–water partition coefficient (Wildman–Crippen LogP) is 0.868. The minimum atomic E-state index is -0.173. The fourth-order valence-electron chi connectivity index (χ4n) is 0.695. The van der Waals surface area contributed by atoms with E-state index in [1.807, 2.05) is 6.07 Å². The molecule has 4 nitrogen and oxygen atoms in total. The Bertz CT molecular complexity index is 271. The van der Waals surface area contributed by atoms with Gasteiger partial charge in [-0.05, 0) is 6.92 Å². The Kier molecular flexibility index (Phi) is 2.14. The summed E-state index contributed by atoms with van der Waals surface area (Å²) in [5, 5.41) is 11.2. The molecule has 58 valence electrons. The topological polar surface area (TPSA) is 75.0 Å². The Labute approximate surface area is 64.6 Å². The van der Waals surface area contributed by atoms with Gasteiger partial charge in [-0.25, -0.2) is 0 Å². The molecule has 0 aliphatic rings. The Hall–Kier alpha value is -1.47. The second kappa shape index (κ2) is 3.08. The first-order chi connectivity index (χ1) is 5.22. The highest BCUT2D eigenvalue weighted by molar-refractivity contribution is 5.40. The van der Waals surface area contributed by atoms with Crippen LogP contribution in [0.3, 0.4) is 0 Å². The summed E-state index contributed by atoms with van der Waals surface area (Å²) in [7, 11) is 0. The molecule has 0 fully saturated rings. The molecule has 3 N–H and O–H groups in total. The lowest BCUT2D eigenvalue weighted by Gasteiger charge is -2.04. The first-order valence-corrected chi connectivity index (χ1v) is 3.23. The van der Waals surface area contributed by atoms with Crippen LogP contribution in [0.1, 0.15) is 12.5 Å². The van der Waals surface area contributed by atoms with Crippen molar-refractivity contribution < 1.29 is 4.42 Å². The molecule has 0 bridgehead atoms. The number of nitrogens with one attached hydrogen (secondary N) is 1. The number of hydrogen-bond donors (Lipinski definition) is 2. The third kappa shape index (κ3) is 1.99. The lowest BCUT2D eigenvalue weighted by Crippen LogP contribution is -2.24. The number of nitrogens with two attached hydrogens (primary N) is 1. The Morgan fingerprint density at radius 3 is 3.00 bits per heavy atom. The maximum absolute atomic E-state index is 8.42. The van der Waals surface area contributed by atoms with Crippen LogP contribution in [0.5, 0.6) is 0 Å². The predicted molar refractivity (Wildman–Crippen MR) is 40.7 cm³/mol. The van der Waals surface area contributed by atoms with Crippen molar-refractivity contribution in [2.75, 3.05) is 5.32 Å². The van der Waals surface area contributed by atoms with Crippen LogP contribution >= 0.6 is 0 Å². The van der Waals surface area contributed by atoms with E-state index < -0.39 is 0 Å². The number of rotatable bonds is 2. The zero-order valence-electron chi connectivity index (χ0n) is 6.16. The Morgan fingerprint density at radius 1 is 1.82 bits per heavy atom. The van der Waals surface area contributed by atoms with Gasteiger partial charge in [0.2, 0.25) is 0 Å². The molecular weight excluding hydrogens is 142 g/mol. The van der Waals surface area contributed by atoms with Gasteiger partial charge >= 0.3 is 0 Å². The van der Waals surface area contributed by atoms with Crippen molar-refractivity contribution in [2.45, 2.75) is 13.1 Å². The summed E-state index contributed by atoms with van der Waals surface area (Å²) in [5.74, 6) is 0.525. The van der Waals surface area contributed by atoms with Crippen LogP contribution in [0.15, 0.2) is 16.7 Å². The van der Waals surface area contributed by atoms with Gasteiger partial charge in [0, 0.05) is 6.07 Å². The summed E-state index contributed by atoms with van der Waals surface area (Å²) >= 11 is 0. The molecule has 0 saturated heterocycles. The van der Waals surface area contributed by atoms with Gasteiger partial charge in [-0.1, -0.05) is 0 Å². The van der Waals surface area contributed by atoms with E-state index in [1.54, 1.807) is 13.0 Å². The molecule has 0 radical (unpaired) electrons. The van der Waals surface area contributed by atoms with E-state index in [0.29, 0.717) is 11.4 Å². The van der Waals surface area contributed by atoms with Gasteiger partial charge < -0.3 is 15.5 Å². The summed E-state index contributed by atoms with van der Waals surface area (Å²) < 4.78 is 4.95. The lowest BCUT2D eigenvalue weighted by atomic mass is 10.4. The van der Waals surface area contributed by atoms with Gasteiger partial charge in [-0.15, -0.1) is 0 Å². The van der Waals surface area contributed by atoms with Crippen LogP contribution in [0.4, 0.5) is 5.88 Å². The molecule has 1 aromatic rings. The SMILES string of the molecule is CC(N)Nc1cc(C#N)co1. The molecule has 1 unspecified atom stereocenters. The second-order valence-corrected chi connectivity index (χ2v) is 2.24. The van der Waals surface area contributed by atoms with E-state index in [2.05, 4.69) is 5.32 Å². The highest BCUT2D eigenvalue weighted by atomic mass is 16.3. The van der Waals surface area contributed by atoms with Crippen molar-refractivity contribution >= 4 is 5.88 Å². The number of nitrogens with zero attached hydrogens (tertiary/aromatic N) is 1. The average Bonchev–Trinajstić information content (AvgIpc) is 2.34. The van der Waals surface area contributed by atoms with Crippen molar-refractivity contribution in [3.63, 3.8) is 0 Å². The fourth-order valence-corrected chi connectivity index (χ4v) is 0.695. The van der Waals surface area contributed by atoms with E-state index >= 15 is 0 Å². The molecule has 11 heavy (non-hydrogen) atoms. The third-order valence-electron chi connectivity index (χ3n) is 1.10. The van der Waals surface area contributed by atoms with E-state index in [0.717, 1.165) is 0 Å². The van der Waals surface area contributed by atoms with Gasteiger partial charge in [0.1, 0.15) is 12.3 Å². The van der Waals surface area contributed by atoms with E-state index in [9.17, 15) is 0 Å². The molecule has 1 atom stereocenters. The maximum atomic E-state index is 8.42. The summed E-state index contributed by atoms with van der Waals surface area (Å²) in [5.41, 5.74) is 5.91. The molecule has 0 aromatic carbocycles. The molecular formula is C7H9N3O. The number of anilines is 1. The summed E-state index contributed by atoms with van der Waals surface area (Å²) in [6.45, 7) is 1.79. The van der Waals surface area contributed by atoms with Crippen molar-refractivity contribution in [1.82, 2.24) is 0 Å². The first kappa shape index (κ1) is 7.63. The fraction of sp³-hybridized carbons (Fsp3) is 0.286. The molecule has 1 heterocycles. The van der Waals surface area contributed by atoms with Crippen LogP contribution in [0, 0.1) is 11.3 Å². The van der Waals surface area contributed by atoms with Crippen LogP contribution in [0.2, 0.25) is 0 Å². The standard InChI is InChI=1S/C7H9N3O/c1-5(9)10-7-2-6(3-8)4-11-7/h2,4-5,10H,9H2,1H3. The van der Waals surface area contributed by atoms with Crippen LogP contribution < -0.4 is 11.1 Å². The number of hydrogen-bond acceptors (Lipinski definition) is 4. The van der Waals surface area contributed by atoms with Crippen LogP contribution in [-0.4, -0.2) is 6.17 Å². The maximum Gasteiger partial charge on any atom is 0.195 e. The van der Waals surface area contributed by atoms with Crippen molar-refractivity contribution in [3.8, 4) is 6.07 Å². The first-order valence-electron chi connectivity index (χ1n) is 3.23. The lowest BCUT2D eigenvalue weighted by molar-refractivity contribution is 0.570. The van der Waals surface area contributed by atoms with Crippen molar-refractivity contribution in [1.29, 1.82) is 5.26 Å². The quantitative estimate of drug-likeness (QED) is 0.615. The van der Waals surface area contributed by atoms with Gasteiger partial charge in [-0.2, -0.15) is 5.26 Å². The summed E-state index contributed by atoms with van der Waals surface area (Å²) in [6.07, 6.45) is 1.21. The second-order valence-electron chi connectivity index (χ2n) is 2.24. The Balaban J connectivity index is 2.67. The average molecular weight is 151 g/mol. The van der Waals surface area contributed by atoms with Crippen LogP contribution in [0.25, 0.3) is 0 Å². The number of nitriles is 1. The molecule has 0 aliphatic heterocycles. The molecule has 0 amide bonds. The van der Waals surface area contributed by atoms with Gasteiger partial charge in [0.05, 0.1) is 11.7 Å². The minimum absolute atomic E-state index is 0.173. The van der Waals surface area contributed by atoms with Gasteiger partial charge in [0.25, 0.3) is 0 Å². The minimum Gasteiger partial charge on any atom is -0.448 e. The smallest absolute Gasteiger partial charge is 0.195 e. The third-order valence-corrected chi connectivity index (χ3v) is 1.10. The number of furan rings is 1. The molecule has 1 rings (SSSR count). The zero-order valence-corrected chi connectivity index (χ0v) is 6.16. The van der Waals surface area contributed by atoms with E-state index in [1.165, 1.54) is 6.26 Å². The van der Waals surface area contributed by atoms with Gasteiger partial charge in [0.15, 0.2) is 5.88 Å². The molecule has 0 spiro atoms. The van der Waals surface area contributed by atoms with E-state index in [-0.39, 0.29) is 6.17 Å². The summed E-state index contributed by atoms with van der Waals surface area (Å²) in [4.78, 5) is 0. The monoisotopic (exact) mass is 151 g/mol. The molecule has 1 aromatic heterocycles. The molecule has 4 heteroatoms. The van der Waals surface area contributed by atoms with Crippen LogP contribution in [-0.2, 0) is 0 Å². The summed E-state index contributed by atoms with van der Waals surface area (Å²) in [6, 6.07) is 3.55. The normalized spacial score (nSPS) is 12.1.